The lowest BCUT2D eigenvalue weighted by Gasteiger charge is -2.18. The number of hydrogen-bond donors (Lipinski definition) is 2. The van der Waals surface area contributed by atoms with Crippen LogP contribution < -0.4 is 10.2 Å². The van der Waals surface area contributed by atoms with Gasteiger partial charge in [0.2, 0.25) is 5.95 Å². The second-order valence-corrected chi connectivity index (χ2v) is 5.53. The second kappa shape index (κ2) is 5.25. The van der Waals surface area contributed by atoms with Crippen LogP contribution in [0, 0.1) is 6.92 Å². The molecule has 3 aromatic rings. The molecule has 1 saturated heterocycles. The first kappa shape index (κ1) is 13.0. The Kier molecular flexibility index (Phi) is 3.10. The van der Waals surface area contributed by atoms with Gasteiger partial charge in [-0.25, -0.2) is 19.9 Å². The van der Waals surface area contributed by atoms with E-state index >= 15 is 0 Å². The zero-order chi connectivity index (χ0) is 14.9. The van der Waals surface area contributed by atoms with Crippen molar-refractivity contribution in [2.45, 2.75) is 19.4 Å². The number of H-pyrrole nitrogens is 1. The molecule has 3 aromatic heterocycles. The van der Waals surface area contributed by atoms with Crippen LogP contribution in [0.1, 0.15) is 12.1 Å². The molecule has 22 heavy (non-hydrogen) atoms. The third-order valence-corrected chi connectivity index (χ3v) is 3.95. The molecule has 0 unspecified atom stereocenters. The van der Waals surface area contributed by atoms with E-state index < -0.39 is 0 Å². The first-order valence-electron chi connectivity index (χ1n) is 7.39. The molecule has 1 atom stereocenters. The fraction of sp³-hybridized carbons (Fsp3) is 0.333. The predicted molar refractivity (Wildman–Crippen MR) is 84.9 cm³/mol. The van der Waals surface area contributed by atoms with Gasteiger partial charge in [-0.2, -0.15) is 0 Å². The standard InChI is InChI=1S/C15H17N7/c1-10-2-5-17-15(20-10)21-11-4-7-22(8-11)14-12-3-6-16-13(12)18-9-19-14/h2-3,5-6,9,11H,4,7-8H2,1H3,(H,16,18,19)(H,17,20,21)/t11-/m1/s1. The van der Waals surface area contributed by atoms with E-state index in [1.807, 2.05) is 25.3 Å². The molecule has 0 aromatic carbocycles. The highest BCUT2D eigenvalue weighted by Gasteiger charge is 2.25. The van der Waals surface area contributed by atoms with Crippen molar-refractivity contribution in [1.29, 1.82) is 0 Å². The minimum atomic E-state index is 0.325. The Bertz CT molecular complexity index is 797. The van der Waals surface area contributed by atoms with E-state index in [9.17, 15) is 0 Å². The average Bonchev–Trinajstić information content (AvgIpc) is 3.15. The summed E-state index contributed by atoms with van der Waals surface area (Å²) in [5, 5.41) is 4.47. The van der Waals surface area contributed by atoms with Crippen LogP contribution in [-0.4, -0.2) is 44.1 Å². The van der Waals surface area contributed by atoms with E-state index in [4.69, 9.17) is 0 Å². The maximum atomic E-state index is 4.45. The van der Waals surface area contributed by atoms with E-state index in [-0.39, 0.29) is 0 Å². The monoisotopic (exact) mass is 295 g/mol. The van der Waals surface area contributed by atoms with Crippen LogP contribution in [0.4, 0.5) is 11.8 Å². The van der Waals surface area contributed by atoms with Crippen molar-refractivity contribution in [2.75, 3.05) is 23.3 Å². The summed E-state index contributed by atoms with van der Waals surface area (Å²) >= 11 is 0. The molecule has 0 bridgehead atoms. The third-order valence-electron chi connectivity index (χ3n) is 3.95. The van der Waals surface area contributed by atoms with E-state index in [2.05, 4.69) is 35.1 Å². The van der Waals surface area contributed by atoms with Gasteiger partial charge in [-0.05, 0) is 25.5 Å². The SMILES string of the molecule is Cc1ccnc(N[C@@H]2CCN(c3ncnc4[nH]ccc34)C2)n1. The molecule has 2 N–H and O–H groups in total. The Balaban J connectivity index is 1.51. The highest BCUT2D eigenvalue weighted by Crippen LogP contribution is 2.26. The van der Waals surface area contributed by atoms with Crippen molar-refractivity contribution < 1.29 is 0 Å². The van der Waals surface area contributed by atoms with Crippen LogP contribution in [0.2, 0.25) is 0 Å². The lowest BCUT2D eigenvalue weighted by Crippen LogP contribution is -2.27. The summed E-state index contributed by atoms with van der Waals surface area (Å²) < 4.78 is 0. The normalized spacial score (nSPS) is 18.0. The van der Waals surface area contributed by atoms with Gasteiger partial charge in [0.1, 0.15) is 17.8 Å². The molecule has 0 aliphatic carbocycles. The molecular formula is C15H17N7. The van der Waals surface area contributed by atoms with E-state index in [0.717, 1.165) is 42.1 Å². The number of aromatic nitrogens is 5. The van der Waals surface area contributed by atoms with Gasteiger partial charge in [0.05, 0.1) is 5.39 Å². The maximum absolute atomic E-state index is 4.45. The Morgan fingerprint density at radius 1 is 1.27 bits per heavy atom. The van der Waals surface area contributed by atoms with Crippen LogP contribution in [0.15, 0.2) is 30.9 Å². The number of aromatic amines is 1. The zero-order valence-electron chi connectivity index (χ0n) is 12.3. The molecule has 112 valence electrons. The first-order valence-corrected chi connectivity index (χ1v) is 7.39. The zero-order valence-corrected chi connectivity index (χ0v) is 12.3. The molecule has 7 heteroatoms. The van der Waals surface area contributed by atoms with Gasteiger partial charge < -0.3 is 15.2 Å². The molecule has 7 nitrogen and oxygen atoms in total. The summed E-state index contributed by atoms with van der Waals surface area (Å²) in [6.07, 6.45) is 6.33. The summed E-state index contributed by atoms with van der Waals surface area (Å²) in [4.78, 5) is 22.8. The lowest BCUT2D eigenvalue weighted by molar-refractivity contribution is 0.790. The van der Waals surface area contributed by atoms with Crippen molar-refractivity contribution in [2.24, 2.45) is 0 Å². The van der Waals surface area contributed by atoms with E-state index in [0.29, 0.717) is 12.0 Å². The average molecular weight is 295 g/mol. The first-order chi connectivity index (χ1) is 10.8. The van der Waals surface area contributed by atoms with Crippen molar-refractivity contribution in [3.05, 3.63) is 36.5 Å². The summed E-state index contributed by atoms with van der Waals surface area (Å²) in [5.74, 6) is 1.68. The van der Waals surface area contributed by atoms with Crippen LogP contribution >= 0.6 is 0 Å². The van der Waals surface area contributed by atoms with Gasteiger partial charge in [-0.15, -0.1) is 0 Å². The molecule has 1 aliphatic rings. The summed E-state index contributed by atoms with van der Waals surface area (Å²) in [5.41, 5.74) is 1.85. The van der Waals surface area contributed by atoms with Crippen molar-refractivity contribution in [3.63, 3.8) is 0 Å². The van der Waals surface area contributed by atoms with E-state index in [1.165, 1.54) is 0 Å². The largest absolute Gasteiger partial charge is 0.354 e. The van der Waals surface area contributed by atoms with Gasteiger partial charge in [0.15, 0.2) is 0 Å². The fourth-order valence-corrected chi connectivity index (χ4v) is 2.88. The number of fused-ring (bicyclic) bond motifs is 1. The lowest BCUT2D eigenvalue weighted by atomic mass is 10.3. The molecule has 4 rings (SSSR count). The van der Waals surface area contributed by atoms with Gasteiger partial charge in [-0.3, -0.25) is 0 Å². The minimum absolute atomic E-state index is 0.325. The molecule has 1 fully saturated rings. The molecular weight excluding hydrogens is 278 g/mol. The van der Waals surface area contributed by atoms with Crippen molar-refractivity contribution >= 4 is 22.8 Å². The molecule has 0 amide bonds. The number of nitrogens with one attached hydrogen (secondary N) is 2. The third kappa shape index (κ3) is 2.34. The maximum Gasteiger partial charge on any atom is 0.223 e. The molecule has 4 heterocycles. The highest BCUT2D eigenvalue weighted by atomic mass is 15.3. The minimum Gasteiger partial charge on any atom is -0.354 e. The summed E-state index contributed by atoms with van der Waals surface area (Å²) in [6.45, 7) is 3.81. The van der Waals surface area contributed by atoms with Crippen LogP contribution in [-0.2, 0) is 0 Å². The Labute approximate surface area is 127 Å². The molecule has 1 aliphatic heterocycles. The van der Waals surface area contributed by atoms with Crippen LogP contribution in [0.3, 0.4) is 0 Å². The van der Waals surface area contributed by atoms with Crippen LogP contribution in [0.25, 0.3) is 11.0 Å². The number of anilines is 2. The quantitative estimate of drug-likeness (QED) is 0.766. The Hall–Kier alpha value is -2.70. The van der Waals surface area contributed by atoms with Gasteiger partial charge in [-0.1, -0.05) is 0 Å². The van der Waals surface area contributed by atoms with Gasteiger partial charge >= 0.3 is 0 Å². The second-order valence-electron chi connectivity index (χ2n) is 5.53. The number of nitrogens with zero attached hydrogens (tertiary/aromatic N) is 5. The summed E-state index contributed by atoms with van der Waals surface area (Å²) in [6, 6.07) is 4.25. The number of rotatable bonds is 3. The number of aryl methyl sites for hydroxylation is 1. The van der Waals surface area contributed by atoms with Gasteiger partial charge in [0, 0.05) is 37.2 Å². The van der Waals surface area contributed by atoms with Gasteiger partial charge in [0.25, 0.3) is 0 Å². The molecule has 0 spiro atoms. The smallest absolute Gasteiger partial charge is 0.223 e. The van der Waals surface area contributed by atoms with Crippen molar-refractivity contribution in [3.8, 4) is 0 Å². The van der Waals surface area contributed by atoms with Crippen LogP contribution in [0.5, 0.6) is 0 Å². The Morgan fingerprint density at radius 3 is 3.14 bits per heavy atom. The summed E-state index contributed by atoms with van der Waals surface area (Å²) in [7, 11) is 0. The van der Waals surface area contributed by atoms with E-state index in [1.54, 1.807) is 12.5 Å². The highest BCUT2D eigenvalue weighted by molar-refractivity contribution is 5.87. The Morgan fingerprint density at radius 2 is 2.23 bits per heavy atom. The predicted octanol–water partition coefficient (Wildman–Crippen LogP) is 1.75. The molecule has 0 radical (unpaired) electrons. The number of hydrogen-bond acceptors (Lipinski definition) is 6. The topological polar surface area (TPSA) is 82.6 Å². The fourth-order valence-electron chi connectivity index (χ4n) is 2.88. The van der Waals surface area contributed by atoms with Crippen molar-refractivity contribution in [1.82, 2.24) is 24.9 Å². The molecule has 0 saturated carbocycles.